The molecule has 2 saturated heterocycles. The van der Waals surface area contributed by atoms with Crippen molar-refractivity contribution in [3.63, 3.8) is 0 Å². The average Bonchev–Trinajstić information content (AvgIpc) is 2.93. The summed E-state index contributed by atoms with van der Waals surface area (Å²) in [5, 5.41) is 0. The molecule has 2 fully saturated rings. The van der Waals surface area contributed by atoms with Crippen LogP contribution in [0.2, 0.25) is 0 Å². The van der Waals surface area contributed by atoms with E-state index >= 15 is 0 Å². The Morgan fingerprint density at radius 2 is 0.794 bits per heavy atom. The van der Waals surface area contributed by atoms with E-state index in [0.717, 1.165) is 26.3 Å². The summed E-state index contributed by atoms with van der Waals surface area (Å²) in [5.74, 6) is 0. The van der Waals surface area contributed by atoms with Crippen LogP contribution in [0.4, 0.5) is 11.4 Å². The molecule has 3 heteroatoms. The van der Waals surface area contributed by atoms with E-state index < -0.39 is 0 Å². The number of hydrogen-bond acceptors (Lipinski definition) is 3. The van der Waals surface area contributed by atoms with Crippen LogP contribution in [-0.4, -0.2) is 39.4 Å². The number of morpholine rings is 1. The van der Waals surface area contributed by atoms with Gasteiger partial charge in [-0.3, -0.25) is 0 Å². The van der Waals surface area contributed by atoms with Crippen molar-refractivity contribution >= 4 is 35.7 Å². The molecule has 0 radical (unpaired) electrons. The van der Waals surface area contributed by atoms with Crippen molar-refractivity contribution in [3.8, 4) is 0 Å². The predicted octanol–water partition coefficient (Wildman–Crippen LogP) is 6.85. The van der Waals surface area contributed by atoms with Gasteiger partial charge in [0.2, 0.25) is 0 Å². The molecular weight excluding hydrogens is 416 g/mol. The maximum absolute atomic E-state index is 5.45. The number of nitrogens with zero attached hydrogens (tertiary/aromatic N) is 2. The molecule has 0 spiro atoms. The molecule has 0 aromatic heterocycles. The molecule has 174 valence electrons. The zero-order valence-electron chi connectivity index (χ0n) is 19.9. The zero-order chi connectivity index (χ0) is 23.0. The number of rotatable bonds is 6. The highest BCUT2D eigenvalue weighted by atomic mass is 16.5. The van der Waals surface area contributed by atoms with Crippen molar-refractivity contribution in [2.45, 2.75) is 19.3 Å². The number of benzene rings is 3. The lowest BCUT2D eigenvalue weighted by Gasteiger charge is -2.28. The van der Waals surface area contributed by atoms with Gasteiger partial charge >= 0.3 is 0 Å². The highest BCUT2D eigenvalue weighted by Crippen LogP contribution is 2.21. The van der Waals surface area contributed by atoms with E-state index in [1.165, 1.54) is 66.0 Å². The third kappa shape index (κ3) is 5.98. The van der Waals surface area contributed by atoms with Crippen LogP contribution >= 0.6 is 0 Å². The summed E-state index contributed by atoms with van der Waals surface area (Å²) in [6, 6.07) is 26.5. The van der Waals surface area contributed by atoms with Crippen LogP contribution in [0.25, 0.3) is 24.3 Å². The van der Waals surface area contributed by atoms with Crippen LogP contribution in [0, 0.1) is 0 Å². The monoisotopic (exact) mass is 450 g/mol. The smallest absolute Gasteiger partial charge is 0.0642 e. The first-order valence-corrected chi connectivity index (χ1v) is 12.6. The van der Waals surface area contributed by atoms with Gasteiger partial charge in [-0.2, -0.15) is 0 Å². The summed E-state index contributed by atoms with van der Waals surface area (Å²) >= 11 is 0. The highest BCUT2D eigenvalue weighted by Gasteiger charge is 2.11. The Morgan fingerprint density at radius 3 is 1.21 bits per heavy atom. The number of piperidine rings is 1. The van der Waals surface area contributed by atoms with E-state index in [2.05, 4.69) is 107 Å². The molecule has 2 aliphatic rings. The quantitative estimate of drug-likeness (QED) is 0.382. The fraction of sp³-hybridized carbons (Fsp3) is 0.290. The van der Waals surface area contributed by atoms with Crippen molar-refractivity contribution in [1.29, 1.82) is 0 Å². The van der Waals surface area contributed by atoms with Gasteiger partial charge in [0.05, 0.1) is 13.2 Å². The largest absolute Gasteiger partial charge is 0.378 e. The normalized spacial score (nSPS) is 17.1. The molecule has 5 rings (SSSR count). The lowest BCUT2D eigenvalue weighted by Crippen LogP contribution is -2.36. The number of hydrogen-bond donors (Lipinski definition) is 0. The van der Waals surface area contributed by atoms with Crippen LogP contribution in [-0.2, 0) is 4.74 Å². The van der Waals surface area contributed by atoms with E-state index in [9.17, 15) is 0 Å². The Hall–Kier alpha value is -3.30. The van der Waals surface area contributed by atoms with Crippen LogP contribution in [0.3, 0.4) is 0 Å². The molecule has 3 aromatic carbocycles. The second kappa shape index (κ2) is 11.2. The van der Waals surface area contributed by atoms with Gasteiger partial charge in [0.1, 0.15) is 0 Å². The second-order valence-corrected chi connectivity index (χ2v) is 9.16. The topological polar surface area (TPSA) is 15.7 Å². The van der Waals surface area contributed by atoms with E-state index in [1.807, 2.05) is 0 Å². The highest BCUT2D eigenvalue weighted by molar-refractivity contribution is 5.74. The average molecular weight is 451 g/mol. The SMILES string of the molecule is C(=C\c1ccc(N2CCCCC2)cc1)/c1ccc(/C=C/c2ccc(N3CCOCC3)cc2)cc1. The molecule has 3 nitrogen and oxygen atoms in total. The van der Waals surface area contributed by atoms with Gasteiger partial charge in [-0.1, -0.05) is 72.8 Å². The first-order chi connectivity index (χ1) is 16.8. The summed E-state index contributed by atoms with van der Waals surface area (Å²) in [7, 11) is 0. The first-order valence-electron chi connectivity index (χ1n) is 12.6. The predicted molar refractivity (Wildman–Crippen MR) is 146 cm³/mol. The second-order valence-electron chi connectivity index (χ2n) is 9.16. The van der Waals surface area contributed by atoms with Crippen LogP contribution in [0.1, 0.15) is 41.5 Å². The van der Waals surface area contributed by atoms with E-state index in [1.54, 1.807) is 0 Å². The van der Waals surface area contributed by atoms with Crippen molar-refractivity contribution in [1.82, 2.24) is 0 Å². The fourth-order valence-corrected chi connectivity index (χ4v) is 4.67. The Balaban J connectivity index is 1.16. The summed E-state index contributed by atoms with van der Waals surface area (Å²) < 4.78 is 5.45. The van der Waals surface area contributed by atoms with Gasteiger partial charge < -0.3 is 14.5 Å². The third-order valence-corrected chi connectivity index (χ3v) is 6.76. The lowest BCUT2D eigenvalue weighted by atomic mass is 10.1. The van der Waals surface area contributed by atoms with Crippen LogP contribution in [0.5, 0.6) is 0 Å². The summed E-state index contributed by atoms with van der Waals surface area (Å²) in [6.45, 7) is 5.96. The van der Waals surface area contributed by atoms with Crippen molar-refractivity contribution in [2.24, 2.45) is 0 Å². The molecule has 3 aromatic rings. The molecule has 0 bridgehead atoms. The molecule has 0 aliphatic carbocycles. The van der Waals surface area contributed by atoms with Gasteiger partial charge in [0, 0.05) is 37.6 Å². The Morgan fingerprint density at radius 1 is 0.441 bits per heavy atom. The molecule has 2 aliphatic heterocycles. The van der Waals surface area contributed by atoms with E-state index in [-0.39, 0.29) is 0 Å². The number of ether oxygens (including phenoxy) is 1. The van der Waals surface area contributed by atoms with E-state index in [4.69, 9.17) is 4.74 Å². The third-order valence-electron chi connectivity index (χ3n) is 6.76. The van der Waals surface area contributed by atoms with Gasteiger partial charge in [-0.15, -0.1) is 0 Å². The standard InChI is InChI=1S/C31H34N2O/c1-2-20-32(21-3-1)30-16-12-28(13-17-30)10-8-26-4-6-27(7-5-26)9-11-29-14-18-31(19-15-29)33-22-24-34-25-23-33/h4-19H,1-3,20-25H2/b10-8+,11-9+. The van der Waals surface area contributed by atoms with Crippen molar-refractivity contribution < 1.29 is 4.74 Å². The molecule has 2 heterocycles. The Labute approximate surface area is 204 Å². The van der Waals surface area contributed by atoms with Gasteiger partial charge in [-0.25, -0.2) is 0 Å². The van der Waals surface area contributed by atoms with Crippen LogP contribution < -0.4 is 9.80 Å². The Kier molecular flexibility index (Phi) is 7.42. The Bertz CT molecular complexity index is 995. The molecular formula is C31H34N2O. The lowest BCUT2D eigenvalue weighted by molar-refractivity contribution is 0.122. The molecule has 0 unspecified atom stereocenters. The molecule has 0 saturated carbocycles. The molecule has 34 heavy (non-hydrogen) atoms. The maximum atomic E-state index is 5.45. The van der Waals surface area contributed by atoms with Gasteiger partial charge in [0.25, 0.3) is 0 Å². The number of anilines is 2. The molecule has 0 amide bonds. The van der Waals surface area contributed by atoms with Crippen molar-refractivity contribution in [3.05, 3.63) is 95.1 Å². The summed E-state index contributed by atoms with van der Waals surface area (Å²) in [4.78, 5) is 4.88. The molecule has 0 atom stereocenters. The minimum atomic E-state index is 0.817. The van der Waals surface area contributed by atoms with E-state index in [0.29, 0.717) is 0 Å². The first kappa shape index (κ1) is 22.5. The van der Waals surface area contributed by atoms with Gasteiger partial charge in [0.15, 0.2) is 0 Å². The summed E-state index contributed by atoms with van der Waals surface area (Å²) in [5.41, 5.74) is 7.51. The molecule has 0 N–H and O–H groups in total. The minimum absolute atomic E-state index is 0.817. The minimum Gasteiger partial charge on any atom is -0.378 e. The van der Waals surface area contributed by atoms with Crippen molar-refractivity contribution in [2.75, 3.05) is 49.2 Å². The fourth-order valence-electron chi connectivity index (χ4n) is 4.67. The van der Waals surface area contributed by atoms with Crippen LogP contribution in [0.15, 0.2) is 72.8 Å². The zero-order valence-corrected chi connectivity index (χ0v) is 19.9. The summed E-state index contributed by atoms with van der Waals surface area (Å²) in [6.07, 6.45) is 12.7. The van der Waals surface area contributed by atoms with Gasteiger partial charge in [-0.05, 0) is 65.8 Å². The maximum Gasteiger partial charge on any atom is 0.0642 e.